The summed E-state index contributed by atoms with van der Waals surface area (Å²) in [5.41, 5.74) is 2.06. The molecular weight excluding hydrogens is 355 g/mol. The Bertz CT molecular complexity index is 938. The monoisotopic (exact) mass is 376 g/mol. The Morgan fingerprint density at radius 1 is 1.04 bits per heavy atom. The molecule has 4 rings (SSSR count). The lowest BCUT2D eigenvalue weighted by atomic mass is 9.90. The van der Waals surface area contributed by atoms with Gasteiger partial charge < -0.3 is 4.90 Å². The summed E-state index contributed by atoms with van der Waals surface area (Å²) in [6.07, 6.45) is 8.99. The molecule has 28 heavy (non-hydrogen) atoms. The molecule has 1 aliphatic heterocycles. The highest BCUT2D eigenvalue weighted by Crippen LogP contribution is 2.24. The van der Waals surface area contributed by atoms with Crippen molar-refractivity contribution in [3.8, 4) is 11.4 Å². The van der Waals surface area contributed by atoms with Gasteiger partial charge in [0.05, 0.1) is 5.56 Å². The fraction of sp³-hybridized carbons (Fsp3) is 0.273. The van der Waals surface area contributed by atoms with Gasteiger partial charge in [-0.25, -0.2) is 14.4 Å². The number of carbonyl (C=O) groups excluding carboxylic acids is 1. The van der Waals surface area contributed by atoms with Gasteiger partial charge in [0.1, 0.15) is 5.82 Å². The lowest BCUT2D eigenvalue weighted by molar-refractivity contribution is 0.0689. The van der Waals surface area contributed by atoms with E-state index in [1.54, 1.807) is 30.9 Å². The number of hydrogen-bond acceptors (Lipinski definition) is 4. The maximum Gasteiger partial charge on any atom is 0.256 e. The molecule has 0 unspecified atom stereocenters. The smallest absolute Gasteiger partial charge is 0.256 e. The van der Waals surface area contributed by atoms with Crippen molar-refractivity contribution in [2.24, 2.45) is 5.92 Å². The van der Waals surface area contributed by atoms with E-state index in [9.17, 15) is 9.18 Å². The van der Waals surface area contributed by atoms with Gasteiger partial charge in [-0.3, -0.25) is 9.78 Å². The summed E-state index contributed by atoms with van der Waals surface area (Å²) in [4.78, 5) is 27.2. The van der Waals surface area contributed by atoms with Gasteiger partial charge in [-0.15, -0.1) is 0 Å². The van der Waals surface area contributed by atoms with Crippen molar-refractivity contribution in [1.82, 2.24) is 19.9 Å². The van der Waals surface area contributed by atoms with Crippen LogP contribution < -0.4 is 0 Å². The summed E-state index contributed by atoms with van der Waals surface area (Å²) in [5, 5.41) is 0. The maximum absolute atomic E-state index is 13.8. The molecule has 1 fully saturated rings. The molecule has 1 aromatic carbocycles. The molecule has 3 aromatic rings. The second-order valence-corrected chi connectivity index (χ2v) is 7.07. The van der Waals surface area contributed by atoms with Crippen molar-refractivity contribution in [3.63, 3.8) is 0 Å². The number of piperidine rings is 1. The van der Waals surface area contributed by atoms with Crippen molar-refractivity contribution in [3.05, 3.63) is 78.1 Å². The second kappa shape index (κ2) is 8.25. The summed E-state index contributed by atoms with van der Waals surface area (Å²) in [6, 6.07) is 10.6. The molecule has 1 amide bonds. The number of rotatable bonds is 4. The molecule has 5 nitrogen and oxygen atoms in total. The number of halogens is 1. The van der Waals surface area contributed by atoms with E-state index in [-0.39, 0.29) is 11.7 Å². The third-order valence-corrected chi connectivity index (χ3v) is 5.19. The van der Waals surface area contributed by atoms with E-state index in [1.807, 2.05) is 29.2 Å². The molecular formula is C22H21FN4O. The summed E-state index contributed by atoms with van der Waals surface area (Å²) in [7, 11) is 0. The Morgan fingerprint density at radius 2 is 1.79 bits per heavy atom. The zero-order valence-corrected chi connectivity index (χ0v) is 15.5. The largest absolute Gasteiger partial charge is 0.339 e. The predicted molar refractivity (Wildman–Crippen MR) is 104 cm³/mol. The SMILES string of the molecule is O=C(c1cnc(-c2cccnc2)nc1)N1CCC(Cc2ccccc2F)CC1. The quantitative estimate of drug-likeness (QED) is 0.695. The van der Waals surface area contributed by atoms with E-state index in [0.29, 0.717) is 30.4 Å². The number of aromatic nitrogens is 3. The summed E-state index contributed by atoms with van der Waals surface area (Å²) in [5.74, 6) is 0.743. The van der Waals surface area contributed by atoms with Crippen LogP contribution in [-0.2, 0) is 6.42 Å². The van der Waals surface area contributed by atoms with Crippen molar-refractivity contribution in [2.75, 3.05) is 13.1 Å². The first-order chi connectivity index (χ1) is 13.7. The third kappa shape index (κ3) is 4.06. The molecule has 1 aliphatic rings. The molecule has 0 aliphatic carbocycles. The molecule has 0 spiro atoms. The number of pyridine rings is 1. The van der Waals surface area contributed by atoms with Gasteiger partial charge in [-0.1, -0.05) is 18.2 Å². The Kier molecular flexibility index (Phi) is 5.37. The van der Waals surface area contributed by atoms with Crippen LogP contribution in [0.4, 0.5) is 4.39 Å². The van der Waals surface area contributed by atoms with E-state index in [2.05, 4.69) is 15.0 Å². The zero-order chi connectivity index (χ0) is 19.3. The van der Waals surface area contributed by atoms with Gasteiger partial charge in [0.25, 0.3) is 5.91 Å². The first kappa shape index (κ1) is 18.2. The van der Waals surface area contributed by atoms with E-state index < -0.39 is 0 Å². The van der Waals surface area contributed by atoms with Crippen molar-refractivity contribution >= 4 is 5.91 Å². The molecule has 0 bridgehead atoms. The van der Waals surface area contributed by atoms with Crippen LogP contribution in [0.3, 0.4) is 0 Å². The van der Waals surface area contributed by atoms with Gasteiger partial charge in [0.2, 0.25) is 0 Å². The van der Waals surface area contributed by atoms with Crippen molar-refractivity contribution in [1.29, 1.82) is 0 Å². The molecule has 0 atom stereocenters. The van der Waals surface area contributed by atoms with Crippen LogP contribution in [0.25, 0.3) is 11.4 Å². The van der Waals surface area contributed by atoms with Gasteiger partial charge in [0.15, 0.2) is 5.82 Å². The fourth-order valence-corrected chi connectivity index (χ4v) is 3.58. The average molecular weight is 376 g/mol. The molecule has 3 heterocycles. The van der Waals surface area contributed by atoms with Crippen LogP contribution in [0.1, 0.15) is 28.8 Å². The number of likely N-dealkylation sites (tertiary alicyclic amines) is 1. The molecule has 2 aromatic heterocycles. The van der Waals surface area contributed by atoms with Crippen molar-refractivity contribution < 1.29 is 9.18 Å². The zero-order valence-electron chi connectivity index (χ0n) is 15.5. The lowest BCUT2D eigenvalue weighted by Crippen LogP contribution is -2.39. The number of nitrogens with zero attached hydrogens (tertiary/aromatic N) is 4. The van der Waals surface area contributed by atoms with E-state index in [0.717, 1.165) is 30.4 Å². The van der Waals surface area contributed by atoms with Crippen LogP contribution in [-0.4, -0.2) is 38.8 Å². The first-order valence-corrected chi connectivity index (χ1v) is 9.46. The van der Waals surface area contributed by atoms with E-state index >= 15 is 0 Å². The number of hydrogen-bond donors (Lipinski definition) is 0. The third-order valence-electron chi connectivity index (χ3n) is 5.19. The molecule has 1 saturated heterocycles. The Balaban J connectivity index is 1.35. The van der Waals surface area contributed by atoms with Gasteiger partial charge in [0, 0.05) is 43.4 Å². The standard InChI is InChI=1S/C22H21FN4O/c23-20-6-2-1-4-17(20)12-16-7-10-27(11-8-16)22(28)19-14-25-21(26-15-19)18-5-3-9-24-13-18/h1-6,9,13-16H,7-8,10-12H2. The Morgan fingerprint density at radius 3 is 2.46 bits per heavy atom. The van der Waals surface area contributed by atoms with Crippen LogP contribution in [0.2, 0.25) is 0 Å². The maximum atomic E-state index is 13.8. The van der Waals surface area contributed by atoms with Crippen LogP contribution >= 0.6 is 0 Å². The normalized spacial score (nSPS) is 14.8. The first-order valence-electron chi connectivity index (χ1n) is 9.46. The van der Waals surface area contributed by atoms with E-state index in [4.69, 9.17) is 0 Å². The number of carbonyl (C=O) groups is 1. The number of benzene rings is 1. The fourth-order valence-electron chi connectivity index (χ4n) is 3.58. The molecule has 142 valence electrons. The highest BCUT2D eigenvalue weighted by atomic mass is 19.1. The minimum atomic E-state index is -0.146. The van der Waals surface area contributed by atoms with Crippen LogP contribution in [0.15, 0.2) is 61.2 Å². The Labute approximate surface area is 163 Å². The molecule has 0 N–H and O–H groups in total. The van der Waals surface area contributed by atoms with Gasteiger partial charge in [-0.2, -0.15) is 0 Å². The Hall–Kier alpha value is -3.15. The topological polar surface area (TPSA) is 59.0 Å². The minimum absolute atomic E-state index is 0.0536. The second-order valence-electron chi connectivity index (χ2n) is 7.07. The highest BCUT2D eigenvalue weighted by Gasteiger charge is 2.24. The van der Waals surface area contributed by atoms with Crippen LogP contribution in [0.5, 0.6) is 0 Å². The molecule has 0 radical (unpaired) electrons. The van der Waals surface area contributed by atoms with Crippen molar-refractivity contribution in [2.45, 2.75) is 19.3 Å². The number of amides is 1. The summed E-state index contributed by atoms with van der Waals surface area (Å²) >= 11 is 0. The minimum Gasteiger partial charge on any atom is -0.339 e. The van der Waals surface area contributed by atoms with E-state index in [1.165, 1.54) is 6.07 Å². The highest BCUT2D eigenvalue weighted by molar-refractivity contribution is 5.93. The molecule has 0 saturated carbocycles. The van der Waals surface area contributed by atoms with Gasteiger partial charge in [-0.05, 0) is 48.9 Å². The van der Waals surface area contributed by atoms with Gasteiger partial charge >= 0.3 is 0 Å². The average Bonchev–Trinajstić information content (AvgIpc) is 2.76. The van der Waals surface area contributed by atoms with Crippen LogP contribution in [0, 0.1) is 11.7 Å². The summed E-state index contributed by atoms with van der Waals surface area (Å²) < 4.78 is 13.8. The summed E-state index contributed by atoms with van der Waals surface area (Å²) in [6.45, 7) is 1.34. The molecule has 6 heteroatoms. The predicted octanol–water partition coefficient (Wildman–Crippen LogP) is 3.77. The lowest BCUT2D eigenvalue weighted by Gasteiger charge is -2.32.